The summed E-state index contributed by atoms with van der Waals surface area (Å²) in [5.74, 6) is -1.75. The van der Waals surface area contributed by atoms with Crippen molar-refractivity contribution in [2.45, 2.75) is 51.9 Å². The SMILES string of the molecule is C=C(C)C(=O)OC(=O)[C@@H]1C[C@@H](O)CN1C(=O)OC(C)(C)C. The van der Waals surface area contributed by atoms with Crippen molar-refractivity contribution in [3.05, 3.63) is 12.2 Å². The second kappa shape index (κ2) is 6.26. The van der Waals surface area contributed by atoms with Gasteiger partial charge in [0.05, 0.1) is 12.6 Å². The maximum absolute atomic E-state index is 12.0. The first-order chi connectivity index (χ1) is 9.51. The summed E-state index contributed by atoms with van der Waals surface area (Å²) in [6.07, 6.45) is -1.60. The Labute approximate surface area is 123 Å². The molecule has 0 unspecified atom stereocenters. The van der Waals surface area contributed by atoms with Crippen molar-refractivity contribution in [3.8, 4) is 0 Å². The second-order valence-corrected chi connectivity index (χ2v) is 6.03. The number of carbonyl (C=O) groups is 3. The average Bonchev–Trinajstić information content (AvgIpc) is 2.69. The Hall–Kier alpha value is -1.89. The molecule has 0 spiro atoms. The monoisotopic (exact) mass is 299 g/mol. The van der Waals surface area contributed by atoms with E-state index < -0.39 is 35.8 Å². The standard InChI is InChI=1S/C14H21NO6/c1-8(2)11(17)20-12(18)10-6-9(16)7-15(10)13(19)21-14(3,4)5/h9-10,16H,1,6-7H2,2-5H3/t9-,10+/m1/s1. The summed E-state index contributed by atoms with van der Waals surface area (Å²) in [4.78, 5) is 36.4. The predicted molar refractivity (Wildman–Crippen MR) is 73.3 cm³/mol. The van der Waals surface area contributed by atoms with Gasteiger partial charge in [-0.05, 0) is 27.7 Å². The lowest BCUT2D eigenvalue weighted by atomic mass is 10.2. The number of carbonyl (C=O) groups excluding carboxylic acids is 3. The molecule has 1 aliphatic rings. The highest BCUT2D eigenvalue weighted by Gasteiger charge is 2.42. The fraction of sp³-hybridized carbons (Fsp3) is 0.643. The highest BCUT2D eigenvalue weighted by atomic mass is 16.6. The number of rotatable bonds is 2. The zero-order chi connectivity index (χ0) is 16.4. The fourth-order valence-corrected chi connectivity index (χ4v) is 1.81. The molecular formula is C14H21NO6. The molecule has 1 aliphatic heterocycles. The van der Waals surface area contributed by atoms with E-state index in [1.165, 1.54) is 6.92 Å². The summed E-state index contributed by atoms with van der Waals surface area (Å²) in [5, 5.41) is 9.65. The van der Waals surface area contributed by atoms with Crippen LogP contribution in [0.5, 0.6) is 0 Å². The summed E-state index contributed by atoms with van der Waals surface area (Å²) in [6, 6.07) is -1.04. The first-order valence-electron chi connectivity index (χ1n) is 6.60. The Kier molecular flexibility index (Phi) is 5.11. The van der Waals surface area contributed by atoms with Gasteiger partial charge in [-0.1, -0.05) is 6.58 Å². The fourth-order valence-electron chi connectivity index (χ4n) is 1.81. The van der Waals surface area contributed by atoms with Crippen LogP contribution in [0, 0.1) is 0 Å². The lowest BCUT2D eigenvalue weighted by molar-refractivity contribution is -0.160. The Morgan fingerprint density at radius 1 is 1.29 bits per heavy atom. The van der Waals surface area contributed by atoms with E-state index in [1.807, 2.05) is 0 Å². The van der Waals surface area contributed by atoms with Gasteiger partial charge in [-0.25, -0.2) is 14.4 Å². The Morgan fingerprint density at radius 2 is 1.86 bits per heavy atom. The van der Waals surface area contributed by atoms with Crippen molar-refractivity contribution in [1.82, 2.24) is 4.90 Å². The molecular weight excluding hydrogens is 278 g/mol. The maximum Gasteiger partial charge on any atom is 0.411 e. The number of β-amino-alcohol motifs (C(OH)–C–C–N with tert-alkyl or cyclic N) is 1. The number of hydrogen-bond donors (Lipinski definition) is 1. The van der Waals surface area contributed by atoms with Crippen LogP contribution < -0.4 is 0 Å². The molecule has 1 fully saturated rings. The summed E-state index contributed by atoms with van der Waals surface area (Å²) in [7, 11) is 0. The molecule has 1 heterocycles. The van der Waals surface area contributed by atoms with Crippen molar-refractivity contribution in [2.24, 2.45) is 0 Å². The summed E-state index contributed by atoms with van der Waals surface area (Å²) < 4.78 is 9.79. The number of aliphatic hydroxyl groups is 1. The third-order valence-electron chi connectivity index (χ3n) is 2.72. The van der Waals surface area contributed by atoms with E-state index in [9.17, 15) is 19.5 Å². The molecule has 0 bridgehead atoms. The van der Waals surface area contributed by atoms with Crippen LogP contribution in [0.1, 0.15) is 34.1 Å². The summed E-state index contributed by atoms with van der Waals surface area (Å²) in [6.45, 7) is 9.80. The highest BCUT2D eigenvalue weighted by molar-refractivity contribution is 5.97. The van der Waals surface area contributed by atoms with Gasteiger partial charge in [-0.3, -0.25) is 4.90 Å². The van der Waals surface area contributed by atoms with E-state index in [0.717, 1.165) is 4.90 Å². The quantitative estimate of drug-likeness (QED) is 0.464. The van der Waals surface area contributed by atoms with E-state index >= 15 is 0 Å². The molecule has 0 radical (unpaired) electrons. The van der Waals surface area contributed by atoms with Gasteiger partial charge in [0.25, 0.3) is 0 Å². The van der Waals surface area contributed by atoms with E-state index in [-0.39, 0.29) is 18.5 Å². The molecule has 7 heteroatoms. The number of nitrogens with zero attached hydrogens (tertiary/aromatic N) is 1. The van der Waals surface area contributed by atoms with E-state index in [4.69, 9.17) is 4.74 Å². The van der Waals surface area contributed by atoms with Crippen molar-refractivity contribution >= 4 is 18.0 Å². The normalized spacial score (nSPS) is 21.9. The molecule has 0 aromatic rings. The number of hydrogen-bond acceptors (Lipinski definition) is 6. The van der Waals surface area contributed by atoms with Gasteiger partial charge >= 0.3 is 18.0 Å². The van der Waals surface area contributed by atoms with Crippen LogP contribution >= 0.6 is 0 Å². The third-order valence-corrected chi connectivity index (χ3v) is 2.72. The predicted octanol–water partition coefficient (Wildman–Crippen LogP) is 1.00. The van der Waals surface area contributed by atoms with Crippen LogP contribution in [0.3, 0.4) is 0 Å². The third kappa shape index (κ3) is 4.86. The van der Waals surface area contributed by atoms with Gasteiger partial charge in [-0.15, -0.1) is 0 Å². The Bertz CT molecular complexity index is 465. The molecule has 21 heavy (non-hydrogen) atoms. The molecule has 0 aromatic heterocycles. The molecule has 0 aromatic carbocycles. The largest absolute Gasteiger partial charge is 0.444 e. The van der Waals surface area contributed by atoms with E-state index in [2.05, 4.69) is 11.3 Å². The molecule has 0 aliphatic carbocycles. The van der Waals surface area contributed by atoms with Crippen molar-refractivity contribution in [1.29, 1.82) is 0 Å². The molecule has 1 amide bonds. The molecule has 0 saturated carbocycles. The first-order valence-corrected chi connectivity index (χ1v) is 6.60. The zero-order valence-corrected chi connectivity index (χ0v) is 12.7. The molecule has 1 N–H and O–H groups in total. The Balaban J connectivity index is 2.79. The summed E-state index contributed by atoms with van der Waals surface area (Å²) in [5.41, 5.74) is -0.655. The number of likely N-dealkylation sites (tertiary alicyclic amines) is 1. The van der Waals surface area contributed by atoms with Gasteiger partial charge < -0.3 is 14.6 Å². The number of ether oxygens (including phenoxy) is 2. The average molecular weight is 299 g/mol. The molecule has 2 atom stereocenters. The number of amides is 1. The summed E-state index contributed by atoms with van der Waals surface area (Å²) >= 11 is 0. The van der Waals surface area contributed by atoms with Gasteiger partial charge in [0.1, 0.15) is 11.6 Å². The van der Waals surface area contributed by atoms with Gasteiger partial charge in [0.15, 0.2) is 0 Å². The number of esters is 2. The lowest BCUT2D eigenvalue weighted by Gasteiger charge is -2.27. The first kappa shape index (κ1) is 17.2. The molecule has 1 rings (SSSR count). The van der Waals surface area contributed by atoms with Gasteiger partial charge in [-0.2, -0.15) is 0 Å². The zero-order valence-electron chi connectivity index (χ0n) is 12.7. The Morgan fingerprint density at radius 3 is 2.33 bits per heavy atom. The van der Waals surface area contributed by atoms with Crippen molar-refractivity contribution < 1.29 is 29.0 Å². The molecule has 1 saturated heterocycles. The van der Waals surface area contributed by atoms with E-state index in [0.29, 0.717) is 0 Å². The highest BCUT2D eigenvalue weighted by Crippen LogP contribution is 2.22. The topological polar surface area (TPSA) is 93.1 Å². The van der Waals surface area contributed by atoms with Crippen LogP contribution in [0.25, 0.3) is 0 Å². The van der Waals surface area contributed by atoms with Gasteiger partial charge in [0, 0.05) is 12.0 Å². The number of aliphatic hydroxyl groups excluding tert-OH is 1. The van der Waals surface area contributed by atoms with Gasteiger partial charge in [0.2, 0.25) is 0 Å². The minimum absolute atomic E-state index is 0.00153. The van der Waals surface area contributed by atoms with Crippen LogP contribution in [0.2, 0.25) is 0 Å². The van der Waals surface area contributed by atoms with Crippen molar-refractivity contribution in [2.75, 3.05) is 6.54 Å². The van der Waals surface area contributed by atoms with Crippen LogP contribution in [0.4, 0.5) is 4.79 Å². The minimum atomic E-state index is -1.04. The minimum Gasteiger partial charge on any atom is -0.444 e. The smallest absolute Gasteiger partial charge is 0.411 e. The second-order valence-electron chi connectivity index (χ2n) is 6.03. The van der Waals surface area contributed by atoms with Crippen LogP contribution in [0.15, 0.2) is 12.2 Å². The molecule has 7 nitrogen and oxygen atoms in total. The van der Waals surface area contributed by atoms with Crippen LogP contribution in [-0.4, -0.2) is 52.3 Å². The van der Waals surface area contributed by atoms with Crippen molar-refractivity contribution in [3.63, 3.8) is 0 Å². The lowest BCUT2D eigenvalue weighted by Crippen LogP contribution is -2.44. The maximum atomic E-state index is 12.0. The van der Waals surface area contributed by atoms with E-state index in [1.54, 1.807) is 20.8 Å². The van der Waals surface area contributed by atoms with Crippen LogP contribution in [-0.2, 0) is 19.1 Å². The molecule has 118 valence electrons.